The SMILES string of the molecule is CC(N)C(=O)N1CC(C)C(C(=O)O)C1. The smallest absolute Gasteiger partial charge is 0.308 e. The molecule has 1 heterocycles. The molecule has 0 spiro atoms. The van der Waals surface area contributed by atoms with E-state index < -0.39 is 17.9 Å². The lowest BCUT2D eigenvalue weighted by Gasteiger charge is -2.17. The third kappa shape index (κ3) is 2.04. The van der Waals surface area contributed by atoms with Crippen molar-refractivity contribution in [2.45, 2.75) is 19.9 Å². The molecule has 3 N–H and O–H groups in total. The Labute approximate surface area is 82.9 Å². The number of carbonyl (C=O) groups is 2. The van der Waals surface area contributed by atoms with Crippen LogP contribution < -0.4 is 5.73 Å². The summed E-state index contributed by atoms with van der Waals surface area (Å²) in [4.78, 5) is 23.8. The van der Waals surface area contributed by atoms with Crippen LogP contribution in [-0.4, -0.2) is 41.0 Å². The molecule has 0 radical (unpaired) electrons. The lowest BCUT2D eigenvalue weighted by atomic mass is 9.99. The second-order valence-electron chi connectivity index (χ2n) is 3.95. The molecule has 0 aromatic rings. The van der Waals surface area contributed by atoms with Gasteiger partial charge in [-0.3, -0.25) is 9.59 Å². The lowest BCUT2D eigenvalue weighted by Crippen LogP contribution is -2.41. The van der Waals surface area contributed by atoms with Crippen LogP contribution in [0.1, 0.15) is 13.8 Å². The second kappa shape index (κ2) is 3.96. The molecule has 0 bridgehead atoms. The summed E-state index contributed by atoms with van der Waals surface area (Å²) in [6, 6.07) is -0.547. The molecular formula is C9H16N2O3. The Balaban J connectivity index is 2.63. The fourth-order valence-corrected chi connectivity index (χ4v) is 1.76. The Morgan fingerprint density at radius 3 is 2.43 bits per heavy atom. The minimum absolute atomic E-state index is 0.00944. The Morgan fingerprint density at radius 1 is 1.50 bits per heavy atom. The molecule has 0 aliphatic carbocycles. The third-order valence-electron chi connectivity index (χ3n) is 2.63. The summed E-state index contributed by atoms with van der Waals surface area (Å²) in [5.74, 6) is -1.44. The van der Waals surface area contributed by atoms with E-state index in [1.54, 1.807) is 6.92 Å². The Kier molecular flexibility index (Phi) is 3.10. The maximum Gasteiger partial charge on any atom is 0.308 e. The molecule has 0 aromatic heterocycles. The van der Waals surface area contributed by atoms with Crippen LogP contribution in [0.15, 0.2) is 0 Å². The predicted octanol–water partition coefficient (Wildman–Crippen LogP) is -0.487. The Bertz CT molecular complexity index is 252. The van der Waals surface area contributed by atoms with Crippen LogP contribution in [0.4, 0.5) is 0 Å². The number of hydrogen-bond acceptors (Lipinski definition) is 3. The van der Waals surface area contributed by atoms with Crippen molar-refractivity contribution in [3.8, 4) is 0 Å². The molecule has 1 saturated heterocycles. The third-order valence-corrected chi connectivity index (χ3v) is 2.63. The average molecular weight is 200 g/mol. The molecule has 3 unspecified atom stereocenters. The van der Waals surface area contributed by atoms with E-state index in [1.165, 1.54) is 4.90 Å². The summed E-state index contributed by atoms with van der Waals surface area (Å²) < 4.78 is 0. The van der Waals surface area contributed by atoms with E-state index >= 15 is 0 Å². The van der Waals surface area contributed by atoms with Crippen LogP contribution >= 0.6 is 0 Å². The zero-order valence-corrected chi connectivity index (χ0v) is 8.43. The number of nitrogens with two attached hydrogens (primary N) is 1. The molecular weight excluding hydrogens is 184 g/mol. The van der Waals surface area contributed by atoms with Crippen LogP contribution in [0, 0.1) is 11.8 Å². The maximum atomic E-state index is 11.5. The zero-order valence-electron chi connectivity index (χ0n) is 8.43. The molecule has 0 aromatic carbocycles. The summed E-state index contributed by atoms with van der Waals surface area (Å²) in [5, 5.41) is 8.85. The molecule has 1 fully saturated rings. The van der Waals surface area contributed by atoms with Crippen LogP contribution in [-0.2, 0) is 9.59 Å². The topological polar surface area (TPSA) is 83.6 Å². The number of carboxylic acid groups (broad SMARTS) is 1. The van der Waals surface area contributed by atoms with Gasteiger partial charge in [0.25, 0.3) is 0 Å². The van der Waals surface area contributed by atoms with Crippen LogP contribution in [0.25, 0.3) is 0 Å². The fourth-order valence-electron chi connectivity index (χ4n) is 1.76. The van der Waals surface area contributed by atoms with E-state index in [9.17, 15) is 9.59 Å². The van der Waals surface area contributed by atoms with Gasteiger partial charge < -0.3 is 15.7 Å². The highest BCUT2D eigenvalue weighted by Crippen LogP contribution is 2.23. The standard InChI is InChI=1S/C9H16N2O3/c1-5-3-11(8(12)6(2)10)4-7(5)9(13)14/h5-7H,3-4,10H2,1-2H3,(H,13,14). The van der Waals surface area contributed by atoms with Gasteiger partial charge in [0, 0.05) is 13.1 Å². The molecule has 14 heavy (non-hydrogen) atoms. The molecule has 1 aliphatic heterocycles. The summed E-state index contributed by atoms with van der Waals surface area (Å²) in [6.07, 6.45) is 0. The minimum atomic E-state index is -0.836. The number of amides is 1. The van der Waals surface area contributed by atoms with Gasteiger partial charge in [-0.15, -0.1) is 0 Å². The minimum Gasteiger partial charge on any atom is -0.481 e. The first kappa shape index (κ1) is 11.0. The molecule has 80 valence electrons. The van der Waals surface area contributed by atoms with E-state index in [2.05, 4.69) is 0 Å². The van der Waals surface area contributed by atoms with Crippen molar-refractivity contribution < 1.29 is 14.7 Å². The molecule has 5 heteroatoms. The number of likely N-dealkylation sites (tertiary alicyclic amines) is 1. The summed E-state index contributed by atoms with van der Waals surface area (Å²) >= 11 is 0. The number of hydrogen-bond donors (Lipinski definition) is 2. The predicted molar refractivity (Wildman–Crippen MR) is 50.5 cm³/mol. The van der Waals surface area contributed by atoms with Crippen molar-refractivity contribution in [1.82, 2.24) is 4.90 Å². The van der Waals surface area contributed by atoms with Crippen LogP contribution in [0.2, 0.25) is 0 Å². The van der Waals surface area contributed by atoms with E-state index in [0.29, 0.717) is 6.54 Å². The van der Waals surface area contributed by atoms with Gasteiger partial charge in [0.2, 0.25) is 5.91 Å². The normalized spacial score (nSPS) is 28.9. The van der Waals surface area contributed by atoms with Gasteiger partial charge in [0.05, 0.1) is 12.0 Å². The molecule has 1 aliphatic rings. The first-order valence-corrected chi connectivity index (χ1v) is 4.70. The maximum absolute atomic E-state index is 11.5. The van der Waals surface area contributed by atoms with Crippen molar-refractivity contribution in [3.05, 3.63) is 0 Å². The lowest BCUT2D eigenvalue weighted by molar-refractivity contribution is -0.142. The van der Waals surface area contributed by atoms with Crippen molar-refractivity contribution in [2.24, 2.45) is 17.6 Å². The average Bonchev–Trinajstić information content (AvgIpc) is 2.45. The van der Waals surface area contributed by atoms with E-state index in [4.69, 9.17) is 10.8 Å². The van der Waals surface area contributed by atoms with Gasteiger partial charge in [0.1, 0.15) is 0 Å². The number of nitrogens with zero attached hydrogens (tertiary/aromatic N) is 1. The first-order valence-electron chi connectivity index (χ1n) is 4.70. The highest BCUT2D eigenvalue weighted by Gasteiger charge is 2.37. The van der Waals surface area contributed by atoms with Crippen molar-refractivity contribution in [3.63, 3.8) is 0 Å². The van der Waals surface area contributed by atoms with Gasteiger partial charge in [-0.25, -0.2) is 0 Å². The van der Waals surface area contributed by atoms with E-state index in [-0.39, 0.29) is 18.4 Å². The van der Waals surface area contributed by atoms with Crippen LogP contribution in [0.3, 0.4) is 0 Å². The monoisotopic (exact) mass is 200 g/mol. The summed E-state index contributed by atoms with van der Waals surface area (Å²) in [5.41, 5.74) is 5.44. The quantitative estimate of drug-likeness (QED) is 0.630. The first-order chi connectivity index (χ1) is 6.43. The number of rotatable bonds is 2. The van der Waals surface area contributed by atoms with Crippen molar-refractivity contribution in [2.75, 3.05) is 13.1 Å². The Morgan fingerprint density at radius 2 is 2.07 bits per heavy atom. The fraction of sp³-hybridized carbons (Fsp3) is 0.778. The highest BCUT2D eigenvalue weighted by atomic mass is 16.4. The van der Waals surface area contributed by atoms with Gasteiger partial charge in [0.15, 0.2) is 0 Å². The zero-order chi connectivity index (χ0) is 10.9. The van der Waals surface area contributed by atoms with Crippen LogP contribution in [0.5, 0.6) is 0 Å². The van der Waals surface area contributed by atoms with Gasteiger partial charge in [-0.2, -0.15) is 0 Å². The molecule has 0 saturated carbocycles. The summed E-state index contributed by atoms with van der Waals surface area (Å²) in [6.45, 7) is 4.24. The largest absolute Gasteiger partial charge is 0.481 e. The molecule has 1 amide bonds. The number of carbonyl (C=O) groups excluding carboxylic acids is 1. The molecule has 1 rings (SSSR count). The van der Waals surface area contributed by atoms with Crippen molar-refractivity contribution in [1.29, 1.82) is 0 Å². The molecule has 3 atom stereocenters. The van der Waals surface area contributed by atoms with Crippen molar-refractivity contribution >= 4 is 11.9 Å². The van der Waals surface area contributed by atoms with Gasteiger partial charge >= 0.3 is 5.97 Å². The number of carboxylic acids is 1. The highest BCUT2D eigenvalue weighted by molar-refractivity contribution is 5.82. The second-order valence-corrected chi connectivity index (χ2v) is 3.95. The van der Waals surface area contributed by atoms with E-state index in [0.717, 1.165) is 0 Å². The Hall–Kier alpha value is -1.10. The summed E-state index contributed by atoms with van der Waals surface area (Å²) in [7, 11) is 0. The van der Waals surface area contributed by atoms with Gasteiger partial charge in [-0.05, 0) is 12.8 Å². The number of aliphatic carboxylic acids is 1. The van der Waals surface area contributed by atoms with Gasteiger partial charge in [-0.1, -0.05) is 6.92 Å². The van der Waals surface area contributed by atoms with E-state index in [1.807, 2.05) is 6.92 Å². The molecule has 5 nitrogen and oxygen atoms in total.